The minimum atomic E-state index is -0.536. The number of fused-ring (bicyclic) bond motifs is 1. The molecule has 0 aliphatic rings. The van der Waals surface area contributed by atoms with E-state index in [0.717, 1.165) is 34.7 Å². The Bertz CT molecular complexity index is 1080. The molecule has 3 nitrogen and oxygen atoms in total. The van der Waals surface area contributed by atoms with Crippen LogP contribution in [0.2, 0.25) is 0 Å². The van der Waals surface area contributed by atoms with Crippen LogP contribution in [0.15, 0.2) is 78.3 Å². The van der Waals surface area contributed by atoms with Gasteiger partial charge in [-0.1, -0.05) is 61.9 Å². The number of rotatable bonds is 8. The van der Waals surface area contributed by atoms with Crippen molar-refractivity contribution in [2.45, 2.75) is 32.0 Å². The van der Waals surface area contributed by atoms with Crippen LogP contribution in [0, 0.1) is 0 Å². The summed E-state index contributed by atoms with van der Waals surface area (Å²) in [5.41, 5.74) is 1.69. The fourth-order valence-corrected chi connectivity index (χ4v) is 4.66. The van der Waals surface area contributed by atoms with E-state index in [1.807, 2.05) is 23.7 Å². The van der Waals surface area contributed by atoms with Gasteiger partial charge in [0.1, 0.15) is 23.0 Å². The maximum atomic E-state index is 6.14. The molecule has 4 heteroatoms. The van der Waals surface area contributed by atoms with Gasteiger partial charge in [0.15, 0.2) is 0 Å². The van der Waals surface area contributed by atoms with Gasteiger partial charge < -0.3 is 9.47 Å². The average molecular weight is 404 g/mol. The molecule has 1 atom stereocenters. The molecule has 0 saturated heterocycles. The summed E-state index contributed by atoms with van der Waals surface area (Å²) in [5.74, 6) is 0.838. The van der Waals surface area contributed by atoms with Crippen molar-refractivity contribution in [2.24, 2.45) is 0 Å². The van der Waals surface area contributed by atoms with Crippen LogP contribution >= 0.6 is 11.3 Å². The molecule has 0 amide bonds. The molecule has 1 heterocycles. The van der Waals surface area contributed by atoms with Gasteiger partial charge in [-0.2, -0.15) is 0 Å². The van der Waals surface area contributed by atoms with Crippen molar-refractivity contribution in [1.82, 2.24) is 4.98 Å². The molecule has 0 saturated carbocycles. The zero-order valence-electron chi connectivity index (χ0n) is 16.8. The Morgan fingerprint density at radius 1 is 0.966 bits per heavy atom. The summed E-state index contributed by atoms with van der Waals surface area (Å²) in [6.45, 7) is 2.70. The lowest BCUT2D eigenvalue weighted by molar-refractivity contribution is 0.0134. The molecule has 1 unspecified atom stereocenters. The van der Waals surface area contributed by atoms with E-state index in [2.05, 4.69) is 66.5 Å². The summed E-state index contributed by atoms with van der Waals surface area (Å²) in [5, 5.41) is 5.45. The van der Waals surface area contributed by atoms with E-state index in [1.165, 1.54) is 10.8 Å². The molecule has 4 rings (SSSR count). The monoisotopic (exact) mass is 403 g/mol. The SMILES string of the molecule is CCCC(OC)(c1cccc(OCc2ccc3ccccc3c2)c1)c1nccs1. The van der Waals surface area contributed by atoms with Gasteiger partial charge >= 0.3 is 0 Å². The van der Waals surface area contributed by atoms with Gasteiger partial charge in [0, 0.05) is 18.7 Å². The second kappa shape index (κ2) is 8.76. The number of methoxy groups -OCH3 is 1. The Labute approximate surface area is 176 Å². The second-order valence-corrected chi connectivity index (χ2v) is 8.01. The molecular weight excluding hydrogens is 378 g/mol. The molecule has 4 aromatic rings. The molecule has 1 aromatic heterocycles. The van der Waals surface area contributed by atoms with Crippen molar-refractivity contribution >= 4 is 22.1 Å². The number of aromatic nitrogens is 1. The highest BCUT2D eigenvalue weighted by atomic mass is 32.1. The zero-order valence-corrected chi connectivity index (χ0v) is 17.6. The minimum Gasteiger partial charge on any atom is -0.489 e. The van der Waals surface area contributed by atoms with E-state index in [1.54, 1.807) is 18.4 Å². The standard InChI is InChI=1S/C25H25NO2S/c1-3-13-25(27-2,24-26-14-15-29-24)22-9-6-10-23(17-22)28-18-19-11-12-20-7-4-5-8-21(20)16-19/h4-12,14-17H,3,13,18H2,1-2H3. The number of ether oxygens (including phenoxy) is 2. The smallest absolute Gasteiger partial charge is 0.144 e. The Kier molecular flexibility index (Phi) is 5.93. The third kappa shape index (κ3) is 4.04. The molecule has 0 bridgehead atoms. The molecule has 0 radical (unpaired) electrons. The number of hydrogen-bond acceptors (Lipinski definition) is 4. The van der Waals surface area contributed by atoms with Gasteiger partial charge in [0.05, 0.1) is 0 Å². The van der Waals surface area contributed by atoms with Gasteiger partial charge in [-0.05, 0) is 46.5 Å². The minimum absolute atomic E-state index is 0.527. The molecule has 0 aliphatic carbocycles. The van der Waals surface area contributed by atoms with E-state index in [-0.39, 0.29) is 0 Å². The first-order valence-corrected chi connectivity index (χ1v) is 10.8. The maximum absolute atomic E-state index is 6.14. The first-order chi connectivity index (χ1) is 14.2. The molecule has 29 heavy (non-hydrogen) atoms. The Morgan fingerprint density at radius 3 is 2.59 bits per heavy atom. The number of hydrogen-bond donors (Lipinski definition) is 0. The van der Waals surface area contributed by atoms with E-state index < -0.39 is 5.60 Å². The highest BCUT2D eigenvalue weighted by molar-refractivity contribution is 7.09. The van der Waals surface area contributed by atoms with Crippen LogP contribution in [0.25, 0.3) is 10.8 Å². The highest BCUT2D eigenvalue weighted by Crippen LogP contribution is 2.39. The fourth-order valence-electron chi connectivity index (χ4n) is 3.79. The normalized spacial score (nSPS) is 13.3. The van der Waals surface area contributed by atoms with Crippen LogP contribution in [-0.2, 0) is 16.9 Å². The van der Waals surface area contributed by atoms with Gasteiger partial charge in [-0.3, -0.25) is 0 Å². The van der Waals surface area contributed by atoms with Crippen molar-refractivity contribution in [2.75, 3.05) is 7.11 Å². The molecule has 0 fully saturated rings. The Balaban J connectivity index is 1.58. The first-order valence-electron chi connectivity index (χ1n) is 9.91. The summed E-state index contributed by atoms with van der Waals surface area (Å²) in [6.07, 6.45) is 3.70. The average Bonchev–Trinajstić information content (AvgIpc) is 3.31. The highest BCUT2D eigenvalue weighted by Gasteiger charge is 2.36. The number of benzene rings is 3. The van der Waals surface area contributed by atoms with Crippen molar-refractivity contribution in [3.8, 4) is 5.75 Å². The topological polar surface area (TPSA) is 31.4 Å². The van der Waals surface area contributed by atoms with E-state index in [4.69, 9.17) is 9.47 Å². The lowest BCUT2D eigenvalue weighted by Gasteiger charge is -2.31. The quantitative estimate of drug-likeness (QED) is 0.334. The first kappa shape index (κ1) is 19.6. The van der Waals surface area contributed by atoms with Gasteiger partial charge in [-0.15, -0.1) is 11.3 Å². The van der Waals surface area contributed by atoms with Crippen LogP contribution in [0.4, 0.5) is 0 Å². The van der Waals surface area contributed by atoms with Crippen molar-refractivity contribution < 1.29 is 9.47 Å². The lowest BCUT2D eigenvalue weighted by Crippen LogP contribution is -2.29. The summed E-state index contributed by atoms with van der Waals surface area (Å²) in [6, 6.07) is 23.0. The number of thiazole rings is 1. The predicted octanol–water partition coefficient (Wildman–Crippen LogP) is 6.57. The van der Waals surface area contributed by atoms with Crippen LogP contribution in [0.3, 0.4) is 0 Å². The molecular formula is C25H25NO2S. The Morgan fingerprint density at radius 2 is 1.83 bits per heavy atom. The third-order valence-electron chi connectivity index (χ3n) is 5.25. The van der Waals surface area contributed by atoms with E-state index >= 15 is 0 Å². The summed E-state index contributed by atoms with van der Waals surface area (Å²) >= 11 is 1.63. The summed E-state index contributed by atoms with van der Waals surface area (Å²) in [7, 11) is 1.76. The van der Waals surface area contributed by atoms with Crippen molar-refractivity contribution in [3.63, 3.8) is 0 Å². The van der Waals surface area contributed by atoms with Crippen molar-refractivity contribution in [3.05, 3.63) is 94.4 Å². The van der Waals surface area contributed by atoms with Crippen molar-refractivity contribution in [1.29, 1.82) is 0 Å². The van der Waals surface area contributed by atoms with Gasteiger partial charge in [0.2, 0.25) is 0 Å². The fraction of sp³-hybridized carbons (Fsp3) is 0.240. The molecule has 0 N–H and O–H groups in total. The predicted molar refractivity (Wildman–Crippen MR) is 120 cm³/mol. The van der Waals surface area contributed by atoms with Gasteiger partial charge in [0.25, 0.3) is 0 Å². The largest absolute Gasteiger partial charge is 0.489 e. The zero-order chi connectivity index (χ0) is 20.1. The van der Waals surface area contributed by atoms with Crippen LogP contribution < -0.4 is 4.74 Å². The Hall–Kier alpha value is -2.69. The molecule has 148 valence electrons. The summed E-state index contributed by atoms with van der Waals surface area (Å²) in [4.78, 5) is 4.56. The van der Waals surface area contributed by atoms with Crippen LogP contribution in [0.1, 0.15) is 35.9 Å². The van der Waals surface area contributed by atoms with Crippen LogP contribution in [-0.4, -0.2) is 12.1 Å². The van der Waals surface area contributed by atoms with Gasteiger partial charge in [-0.25, -0.2) is 4.98 Å². The lowest BCUT2D eigenvalue weighted by atomic mass is 9.89. The maximum Gasteiger partial charge on any atom is 0.144 e. The third-order valence-corrected chi connectivity index (χ3v) is 6.16. The number of nitrogens with zero attached hydrogens (tertiary/aromatic N) is 1. The van der Waals surface area contributed by atoms with Crippen LogP contribution in [0.5, 0.6) is 5.75 Å². The molecule has 0 spiro atoms. The van der Waals surface area contributed by atoms with E-state index in [0.29, 0.717) is 6.61 Å². The van der Waals surface area contributed by atoms with E-state index in [9.17, 15) is 0 Å². The second-order valence-electron chi connectivity index (χ2n) is 7.12. The molecule has 0 aliphatic heterocycles. The molecule has 3 aromatic carbocycles. The summed E-state index contributed by atoms with van der Waals surface area (Å²) < 4.78 is 12.2.